The Bertz CT molecular complexity index is 1350. The van der Waals surface area contributed by atoms with E-state index in [4.69, 9.17) is 16.3 Å². The number of allylic oxidation sites excluding steroid dienone is 1. The second-order valence-electron chi connectivity index (χ2n) is 12.8. The highest BCUT2D eigenvalue weighted by molar-refractivity contribution is 6.30. The van der Waals surface area contributed by atoms with Gasteiger partial charge in [0.25, 0.3) is 0 Å². The van der Waals surface area contributed by atoms with Gasteiger partial charge in [-0.05, 0) is 105 Å². The van der Waals surface area contributed by atoms with E-state index in [9.17, 15) is 9.59 Å². The van der Waals surface area contributed by atoms with Crippen LogP contribution in [-0.4, -0.2) is 61.1 Å². The third-order valence-corrected chi connectivity index (χ3v) is 9.98. The summed E-state index contributed by atoms with van der Waals surface area (Å²) in [5, 5.41) is 11.2. The zero-order valence-corrected chi connectivity index (χ0v) is 26.2. The smallest absolute Gasteiger partial charge is 0.242 e. The van der Waals surface area contributed by atoms with E-state index in [-0.39, 0.29) is 30.0 Å². The van der Waals surface area contributed by atoms with Crippen molar-refractivity contribution in [3.05, 3.63) is 75.4 Å². The Hall–Kier alpha value is -3.03. The summed E-state index contributed by atoms with van der Waals surface area (Å²) in [6, 6.07) is 13.2. The van der Waals surface area contributed by atoms with Crippen molar-refractivity contribution >= 4 is 23.4 Å². The maximum absolute atomic E-state index is 14.1. The van der Waals surface area contributed by atoms with Crippen LogP contribution in [0.15, 0.2) is 53.7 Å². The molecule has 230 valence electrons. The fraction of sp³-hybridized carbons (Fsp3) is 0.543. The number of aryl methyl sites for hydroxylation is 2. The lowest BCUT2D eigenvalue weighted by atomic mass is 9.87. The second kappa shape index (κ2) is 13.3. The number of para-hydroxylation sites is 1. The summed E-state index contributed by atoms with van der Waals surface area (Å²) in [6.07, 6.45) is 9.39. The zero-order valence-electron chi connectivity index (χ0n) is 25.5. The van der Waals surface area contributed by atoms with Crippen LogP contribution in [0, 0.1) is 5.92 Å². The summed E-state index contributed by atoms with van der Waals surface area (Å²) in [5.74, 6) is 1.44. The molecule has 0 spiro atoms. The Labute approximate surface area is 260 Å². The molecule has 2 saturated carbocycles. The number of ether oxygens (including phenoxy) is 1. The molecular weight excluding hydrogens is 560 g/mol. The third-order valence-electron chi connectivity index (χ3n) is 9.73. The summed E-state index contributed by atoms with van der Waals surface area (Å²) >= 11 is 6.16. The number of carbonyl (C=O) groups is 2. The molecule has 0 radical (unpaired) electrons. The summed E-state index contributed by atoms with van der Waals surface area (Å²) in [4.78, 5) is 29.7. The van der Waals surface area contributed by atoms with E-state index >= 15 is 0 Å². The fourth-order valence-corrected chi connectivity index (χ4v) is 6.75. The van der Waals surface area contributed by atoms with Gasteiger partial charge in [-0.2, -0.15) is 0 Å². The van der Waals surface area contributed by atoms with E-state index in [1.807, 2.05) is 36.2 Å². The number of fused-ring (bicyclic) bond motifs is 1. The molecule has 2 fully saturated rings. The molecule has 8 heteroatoms. The van der Waals surface area contributed by atoms with Gasteiger partial charge in [-0.15, -0.1) is 0 Å². The minimum Gasteiger partial charge on any atom is -0.489 e. The van der Waals surface area contributed by atoms with Gasteiger partial charge in [0.1, 0.15) is 17.9 Å². The predicted octanol–water partition coefficient (Wildman–Crippen LogP) is 4.95. The van der Waals surface area contributed by atoms with Crippen LogP contribution in [0.5, 0.6) is 5.75 Å². The molecule has 4 aliphatic rings. The van der Waals surface area contributed by atoms with E-state index in [0.29, 0.717) is 30.5 Å². The second-order valence-corrected chi connectivity index (χ2v) is 13.3. The Kier molecular flexibility index (Phi) is 9.29. The number of nitrogens with one attached hydrogen (secondary N) is 3. The largest absolute Gasteiger partial charge is 0.489 e. The molecule has 2 aliphatic heterocycles. The average Bonchev–Trinajstić information content (AvgIpc) is 3.83. The van der Waals surface area contributed by atoms with Crippen molar-refractivity contribution in [1.82, 2.24) is 20.9 Å². The Morgan fingerprint density at radius 2 is 1.70 bits per heavy atom. The van der Waals surface area contributed by atoms with Gasteiger partial charge in [0.05, 0.1) is 12.1 Å². The van der Waals surface area contributed by atoms with Crippen LogP contribution in [0.3, 0.4) is 0 Å². The number of benzene rings is 2. The molecule has 0 aromatic heterocycles. The summed E-state index contributed by atoms with van der Waals surface area (Å²) in [7, 11) is 1.91. The van der Waals surface area contributed by atoms with E-state index in [1.165, 1.54) is 16.7 Å². The van der Waals surface area contributed by atoms with Crippen LogP contribution in [-0.2, 0) is 28.9 Å². The standard InChI is InChI=1S/C35H45ClN4O3/c1-22-31(24-6-3-7-24)39-30(20-23-11-16-28(36)17-12-23)34(41)37-19-5-10-26-8-4-9-27-15-18-29(43-33(26)27)21-38-32(25-13-14-25)35(42)40(22)2/h4,8-9,11-12,16-17,22,25,29-30,32,38-39H,3,5-7,10,13-15,18-21H2,1-2H3,(H,37,41)/t22-,29?,30-,32+/m1/s1. The molecule has 2 bridgehead atoms. The molecule has 43 heavy (non-hydrogen) atoms. The van der Waals surface area contributed by atoms with Gasteiger partial charge in [-0.1, -0.05) is 41.9 Å². The average molecular weight is 605 g/mol. The van der Waals surface area contributed by atoms with Crippen molar-refractivity contribution in [3.8, 4) is 5.75 Å². The first-order valence-electron chi connectivity index (χ1n) is 16.2. The molecule has 3 N–H and O–H groups in total. The highest BCUT2D eigenvalue weighted by Crippen LogP contribution is 2.36. The van der Waals surface area contributed by atoms with E-state index < -0.39 is 6.04 Å². The van der Waals surface area contributed by atoms with Gasteiger partial charge in [0.2, 0.25) is 11.8 Å². The van der Waals surface area contributed by atoms with Crippen molar-refractivity contribution in [3.63, 3.8) is 0 Å². The number of likely N-dealkylation sites (N-methyl/N-ethyl adjacent to an activating group) is 1. The molecule has 6 rings (SSSR count). The predicted molar refractivity (Wildman–Crippen MR) is 170 cm³/mol. The molecular formula is C35H45ClN4O3. The van der Waals surface area contributed by atoms with Gasteiger partial charge in [0.15, 0.2) is 0 Å². The van der Waals surface area contributed by atoms with Gasteiger partial charge in [0, 0.05) is 37.3 Å². The van der Waals surface area contributed by atoms with Crippen molar-refractivity contribution in [2.24, 2.45) is 5.92 Å². The van der Waals surface area contributed by atoms with Gasteiger partial charge in [-0.25, -0.2) is 0 Å². The summed E-state index contributed by atoms with van der Waals surface area (Å²) < 4.78 is 6.57. The Morgan fingerprint density at radius 1 is 0.953 bits per heavy atom. The molecule has 2 amide bonds. The SMILES string of the molecule is C[C@@H]1C(=C2CCC2)N[C@H](Cc2ccc(Cl)cc2)C(=O)NCCCc2cccc3c2OC(CC3)CN[C@@H](C2CC2)C(=O)N1C. The van der Waals surface area contributed by atoms with E-state index in [0.717, 1.165) is 74.8 Å². The van der Waals surface area contributed by atoms with E-state index in [1.54, 1.807) is 0 Å². The minimum atomic E-state index is -0.472. The number of hydrogen-bond acceptors (Lipinski definition) is 5. The van der Waals surface area contributed by atoms with Crippen molar-refractivity contribution < 1.29 is 14.3 Å². The van der Waals surface area contributed by atoms with Crippen molar-refractivity contribution in [2.75, 3.05) is 20.1 Å². The van der Waals surface area contributed by atoms with Gasteiger partial charge in [-0.3, -0.25) is 9.59 Å². The van der Waals surface area contributed by atoms with Crippen LogP contribution in [0.25, 0.3) is 0 Å². The molecule has 2 aliphatic carbocycles. The van der Waals surface area contributed by atoms with Crippen LogP contribution in [0.4, 0.5) is 0 Å². The minimum absolute atomic E-state index is 0.0291. The third kappa shape index (κ3) is 7.04. The number of carbonyl (C=O) groups excluding carboxylic acids is 2. The maximum atomic E-state index is 14.1. The van der Waals surface area contributed by atoms with Crippen LogP contribution in [0.1, 0.15) is 68.6 Å². The lowest BCUT2D eigenvalue weighted by molar-refractivity contribution is -0.134. The fourth-order valence-electron chi connectivity index (χ4n) is 6.62. The number of rotatable bonds is 3. The van der Waals surface area contributed by atoms with Crippen LogP contribution in [0.2, 0.25) is 5.02 Å². The molecule has 7 nitrogen and oxygen atoms in total. The summed E-state index contributed by atoms with van der Waals surface area (Å²) in [6.45, 7) is 3.33. The van der Waals surface area contributed by atoms with Crippen LogP contribution >= 0.6 is 11.6 Å². The first kappa shape index (κ1) is 30.0. The lowest BCUT2D eigenvalue weighted by Gasteiger charge is -2.37. The quantitative estimate of drug-likeness (QED) is 0.462. The first-order chi connectivity index (χ1) is 20.9. The van der Waals surface area contributed by atoms with E-state index in [2.05, 4.69) is 41.1 Å². The monoisotopic (exact) mass is 604 g/mol. The maximum Gasteiger partial charge on any atom is 0.242 e. The molecule has 0 saturated heterocycles. The number of nitrogens with zero attached hydrogens (tertiary/aromatic N) is 1. The molecule has 2 aromatic rings. The number of hydrogen-bond donors (Lipinski definition) is 3. The van der Waals surface area contributed by atoms with Gasteiger partial charge < -0.3 is 25.6 Å². The number of amides is 2. The molecule has 1 unspecified atom stereocenters. The lowest BCUT2D eigenvalue weighted by Crippen LogP contribution is -2.54. The zero-order chi connectivity index (χ0) is 29.9. The molecule has 4 atom stereocenters. The highest BCUT2D eigenvalue weighted by Gasteiger charge is 2.40. The topological polar surface area (TPSA) is 82.7 Å². The molecule has 2 heterocycles. The highest BCUT2D eigenvalue weighted by atomic mass is 35.5. The van der Waals surface area contributed by atoms with Gasteiger partial charge >= 0.3 is 0 Å². The molecule has 2 aromatic carbocycles. The Balaban J connectivity index is 1.30. The Morgan fingerprint density at radius 3 is 2.40 bits per heavy atom. The first-order valence-corrected chi connectivity index (χ1v) is 16.5. The van der Waals surface area contributed by atoms with Crippen molar-refractivity contribution in [1.29, 1.82) is 0 Å². The summed E-state index contributed by atoms with van der Waals surface area (Å²) in [5.41, 5.74) is 5.81. The number of halogens is 1. The van der Waals surface area contributed by atoms with Crippen LogP contribution < -0.4 is 20.7 Å². The normalized spacial score (nSPS) is 27.3. The van der Waals surface area contributed by atoms with Crippen molar-refractivity contribution in [2.45, 2.75) is 95.4 Å².